The fourth-order valence-electron chi connectivity index (χ4n) is 3.68. The molecule has 0 saturated carbocycles. The highest BCUT2D eigenvalue weighted by Crippen LogP contribution is 2.40. The molecule has 7 heteroatoms. The number of pyridine rings is 1. The van der Waals surface area contributed by atoms with E-state index in [0.717, 1.165) is 46.5 Å². The summed E-state index contributed by atoms with van der Waals surface area (Å²) in [7, 11) is 4.12. The van der Waals surface area contributed by atoms with E-state index < -0.39 is 0 Å². The van der Waals surface area contributed by atoms with E-state index in [1.165, 1.54) is 0 Å². The Labute approximate surface area is 187 Å². The third-order valence-electron chi connectivity index (χ3n) is 5.36. The van der Waals surface area contributed by atoms with E-state index in [4.69, 9.17) is 28.2 Å². The molecule has 1 aliphatic heterocycles. The Morgan fingerprint density at radius 2 is 2.03 bits per heavy atom. The summed E-state index contributed by atoms with van der Waals surface area (Å²) in [6.45, 7) is 3.67. The van der Waals surface area contributed by atoms with Gasteiger partial charge in [0.05, 0.1) is 11.7 Å². The first-order valence-electron chi connectivity index (χ1n) is 9.93. The average molecular weight is 441 g/mol. The Bertz CT molecular complexity index is 1040. The van der Waals surface area contributed by atoms with Crippen molar-refractivity contribution < 1.29 is 4.42 Å². The fraction of sp³-hybridized carbons (Fsp3) is 0.304. The predicted molar refractivity (Wildman–Crippen MR) is 125 cm³/mol. The molecular formula is C23H25ClN4OS. The molecule has 1 fully saturated rings. The largest absolute Gasteiger partial charge is 0.459 e. The number of aromatic nitrogens is 1. The highest BCUT2D eigenvalue weighted by molar-refractivity contribution is 7.80. The van der Waals surface area contributed by atoms with E-state index in [-0.39, 0.29) is 12.1 Å². The van der Waals surface area contributed by atoms with Crippen molar-refractivity contribution in [2.75, 3.05) is 27.2 Å². The van der Waals surface area contributed by atoms with Gasteiger partial charge in [-0.3, -0.25) is 4.98 Å². The summed E-state index contributed by atoms with van der Waals surface area (Å²) in [4.78, 5) is 8.91. The van der Waals surface area contributed by atoms with Crippen molar-refractivity contribution in [3.05, 3.63) is 76.8 Å². The van der Waals surface area contributed by atoms with Crippen LogP contribution in [-0.4, -0.2) is 47.1 Å². The topological polar surface area (TPSA) is 44.5 Å². The number of thiocarbonyl (C=S) groups is 1. The molecular weight excluding hydrogens is 416 g/mol. The number of hydrogen-bond acceptors (Lipinski definition) is 4. The summed E-state index contributed by atoms with van der Waals surface area (Å²) in [5.74, 6) is 1.64. The molecule has 1 aliphatic rings. The van der Waals surface area contributed by atoms with Crippen molar-refractivity contribution in [3.63, 3.8) is 0 Å². The van der Waals surface area contributed by atoms with Crippen molar-refractivity contribution in [2.24, 2.45) is 0 Å². The summed E-state index contributed by atoms with van der Waals surface area (Å²) < 4.78 is 6.34. The van der Waals surface area contributed by atoms with Gasteiger partial charge in [-0.1, -0.05) is 29.8 Å². The van der Waals surface area contributed by atoms with Gasteiger partial charge in [0.1, 0.15) is 17.6 Å². The lowest BCUT2D eigenvalue weighted by Gasteiger charge is -2.27. The summed E-state index contributed by atoms with van der Waals surface area (Å²) in [5, 5.41) is 4.90. The Morgan fingerprint density at radius 3 is 2.73 bits per heavy atom. The Kier molecular flexibility index (Phi) is 6.09. The first-order chi connectivity index (χ1) is 14.4. The van der Waals surface area contributed by atoms with Gasteiger partial charge < -0.3 is 19.5 Å². The Balaban J connectivity index is 1.70. The van der Waals surface area contributed by atoms with Crippen LogP contribution in [0.15, 0.2) is 59.1 Å². The van der Waals surface area contributed by atoms with E-state index in [0.29, 0.717) is 5.11 Å². The Morgan fingerprint density at radius 1 is 1.20 bits per heavy atom. The quantitative estimate of drug-likeness (QED) is 0.553. The van der Waals surface area contributed by atoms with Crippen molar-refractivity contribution >= 4 is 28.9 Å². The number of benzene rings is 1. The summed E-state index contributed by atoms with van der Waals surface area (Å²) in [6.07, 6.45) is 1.81. The lowest BCUT2D eigenvalue weighted by atomic mass is 10.0. The normalized spacial score (nSPS) is 18.8. The van der Waals surface area contributed by atoms with Gasteiger partial charge in [-0.25, -0.2) is 0 Å². The second kappa shape index (κ2) is 8.76. The van der Waals surface area contributed by atoms with Crippen molar-refractivity contribution in [3.8, 4) is 11.3 Å². The van der Waals surface area contributed by atoms with Gasteiger partial charge in [0, 0.05) is 29.9 Å². The number of nitrogens with zero attached hydrogens (tertiary/aromatic N) is 3. The van der Waals surface area contributed by atoms with Crippen LogP contribution in [0.4, 0.5) is 0 Å². The zero-order valence-electron chi connectivity index (χ0n) is 17.3. The second-order valence-corrected chi connectivity index (χ2v) is 8.58. The SMILES string of the molecule is Cc1ccc(-c2ccc([C@@H]3[C@@H](c4ccccn4)NC(=S)N3CCN(C)C)o2)cc1Cl. The van der Waals surface area contributed by atoms with E-state index in [2.05, 4.69) is 34.2 Å². The molecule has 3 aromatic rings. The van der Waals surface area contributed by atoms with Crippen molar-refractivity contribution in [1.29, 1.82) is 0 Å². The third-order valence-corrected chi connectivity index (χ3v) is 6.12. The zero-order valence-corrected chi connectivity index (χ0v) is 18.9. The number of likely N-dealkylation sites (N-methyl/N-ethyl adjacent to an activating group) is 1. The molecule has 30 heavy (non-hydrogen) atoms. The van der Waals surface area contributed by atoms with Crippen LogP contribution in [0.25, 0.3) is 11.3 Å². The van der Waals surface area contributed by atoms with Crippen molar-refractivity contribution in [1.82, 2.24) is 20.1 Å². The predicted octanol–water partition coefficient (Wildman–Crippen LogP) is 4.84. The standard InChI is InChI=1S/C23H25ClN4OS/c1-15-7-8-16(14-17(15)24)19-9-10-20(29-19)22-21(18-6-4-5-11-25-18)26-23(30)28(22)13-12-27(2)3/h4-11,14,21-22H,12-13H2,1-3H3,(H,26,30)/t21-,22-/m1/s1. The van der Waals surface area contributed by atoms with Crippen LogP contribution in [-0.2, 0) is 0 Å². The minimum atomic E-state index is -0.0820. The molecule has 0 bridgehead atoms. The maximum atomic E-state index is 6.34. The van der Waals surface area contributed by atoms with E-state index in [9.17, 15) is 0 Å². The van der Waals surface area contributed by atoms with Gasteiger partial charge in [0.15, 0.2) is 5.11 Å². The molecule has 0 spiro atoms. The summed E-state index contributed by atoms with van der Waals surface area (Å²) in [6, 6.07) is 15.8. The van der Waals surface area contributed by atoms with Crippen LogP contribution < -0.4 is 5.32 Å². The molecule has 0 amide bonds. The molecule has 2 aromatic heterocycles. The highest BCUT2D eigenvalue weighted by Gasteiger charge is 2.41. The molecule has 2 atom stereocenters. The molecule has 4 rings (SSSR count). The molecule has 0 radical (unpaired) electrons. The molecule has 5 nitrogen and oxygen atoms in total. The molecule has 1 aromatic carbocycles. The maximum Gasteiger partial charge on any atom is 0.170 e. The number of aryl methyl sites for hydroxylation is 1. The molecule has 0 aliphatic carbocycles. The van der Waals surface area contributed by atoms with Crippen LogP contribution >= 0.6 is 23.8 Å². The van der Waals surface area contributed by atoms with E-state index >= 15 is 0 Å². The first kappa shape index (κ1) is 20.8. The number of hydrogen-bond donors (Lipinski definition) is 1. The minimum absolute atomic E-state index is 0.0815. The number of nitrogens with one attached hydrogen (secondary N) is 1. The van der Waals surface area contributed by atoms with Gasteiger partial charge in [-0.15, -0.1) is 0 Å². The third kappa shape index (κ3) is 4.21. The van der Waals surface area contributed by atoms with Gasteiger partial charge in [-0.2, -0.15) is 0 Å². The minimum Gasteiger partial charge on any atom is -0.459 e. The maximum absolute atomic E-state index is 6.34. The lowest BCUT2D eigenvalue weighted by molar-refractivity contribution is 0.250. The van der Waals surface area contributed by atoms with Gasteiger partial charge >= 0.3 is 0 Å². The van der Waals surface area contributed by atoms with Gasteiger partial charge in [0.2, 0.25) is 0 Å². The molecule has 156 valence electrons. The second-order valence-electron chi connectivity index (χ2n) is 7.79. The zero-order chi connectivity index (χ0) is 21.3. The summed E-state index contributed by atoms with van der Waals surface area (Å²) >= 11 is 12.0. The van der Waals surface area contributed by atoms with Crippen LogP contribution in [0.1, 0.15) is 29.1 Å². The average Bonchev–Trinajstić information content (AvgIpc) is 3.33. The monoisotopic (exact) mass is 440 g/mol. The molecule has 1 N–H and O–H groups in total. The number of rotatable bonds is 6. The van der Waals surface area contributed by atoms with Crippen LogP contribution in [0.2, 0.25) is 5.02 Å². The highest BCUT2D eigenvalue weighted by atomic mass is 35.5. The number of halogens is 1. The molecule has 3 heterocycles. The number of furan rings is 1. The van der Waals surface area contributed by atoms with Crippen LogP contribution in [0, 0.1) is 6.92 Å². The van der Waals surface area contributed by atoms with Crippen LogP contribution in [0.5, 0.6) is 0 Å². The molecule has 1 saturated heterocycles. The first-order valence-corrected chi connectivity index (χ1v) is 10.7. The van der Waals surface area contributed by atoms with Crippen LogP contribution in [0.3, 0.4) is 0 Å². The van der Waals surface area contributed by atoms with E-state index in [1.807, 2.05) is 61.7 Å². The van der Waals surface area contributed by atoms with Gasteiger partial charge in [0.25, 0.3) is 0 Å². The lowest BCUT2D eigenvalue weighted by Crippen LogP contribution is -2.35. The molecule has 0 unspecified atom stereocenters. The summed E-state index contributed by atoms with van der Waals surface area (Å²) in [5.41, 5.74) is 2.94. The fourth-order valence-corrected chi connectivity index (χ4v) is 4.19. The Hall–Kier alpha value is -2.41. The van der Waals surface area contributed by atoms with E-state index in [1.54, 1.807) is 0 Å². The smallest absolute Gasteiger partial charge is 0.170 e. The van der Waals surface area contributed by atoms with Gasteiger partial charge in [-0.05, 0) is 69.1 Å². The van der Waals surface area contributed by atoms with Crippen molar-refractivity contribution in [2.45, 2.75) is 19.0 Å².